The Morgan fingerprint density at radius 1 is 1.57 bits per heavy atom. The van der Waals surface area contributed by atoms with Crippen LogP contribution in [0.25, 0.3) is 0 Å². The highest BCUT2D eigenvalue weighted by Gasteiger charge is 2.28. The molecule has 6 nitrogen and oxygen atoms in total. The zero-order chi connectivity index (χ0) is 10.1. The summed E-state index contributed by atoms with van der Waals surface area (Å²) in [7, 11) is 0. The summed E-state index contributed by atoms with van der Waals surface area (Å²) in [6.45, 7) is 0. The summed E-state index contributed by atoms with van der Waals surface area (Å²) in [5, 5.41) is 5.44. The first-order chi connectivity index (χ1) is 6.66. The lowest BCUT2D eigenvalue weighted by Gasteiger charge is -1.93. The van der Waals surface area contributed by atoms with Crippen LogP contribution in [0, 0.1) is 0 Å². The van der Waals surface area contributed by atoms with Crippen LogP contribution in [0.4, 0.5) is 4.79 Å². The van der Waals surface area contributed by atoms with Crippen molar-refractivity contribution >= 4 is 11.9 Å². The topological polar surface area (TPSA) is 98.2 Å². The fourth-order valence-corrected chi connectivity index (χ4v) is 1.13. The van der Waals surface area contributed by atoms with Crippen LogP contribution in [0.15, 0.2) is 10.6 Å². The predicted molar refractivity (Wildman–Crippen MR) is 45.5 cm³/mol. The standard InChI is InChI=1S/C8H9N3O3/c9-8(13)10-7(12)5-3-6(14-11-5)4-1-2-4/h3-4H,1-2H2,(H3,9,10,12,13). The molecule has 0 spiro atoms. The normalized spacial score (nSPS) is 15.1. The SMILES string of the molecule is NC(=O)NC(=O)c1cc(C2CC2)on1. The lowest BCUT2D eigenvalue weighted by Crippen LogP contribution is -2.35. The number of carbonyl (C=O) groups excluding carboxylic acids is 2. The Balaban J connectivity index is 2.07. The van der Waals surface area contributed by atoms with Gasteiger partial charge in [-0.25, -0.2) is 4.79 Å². The van der Waals surface area contributed by atoms with E-state index in [0.29, 0.717) is 11.7 Å². The van der Waals surface area contributed by atoms with Crippen LogP contribution in [0.5, 0.6) is 0 Å². The molecule has 3 N–H and O–H groups in total. The van der Waals surface area contributed by atoms with Crippen LogP contribution in [0.2, 0.25) is 0 Å². The number of hydrogen-bond donors (Lipinski definition) is 2. The number of nitrogens with zero attached hydrogens (tertiary/aromatic N) is 1. The van der Waals surface area contributed by atoms with Crippen molar-refractivity contribution in [3.05, 3.63) is 17.5 Å². The molecule has 0 bridgehead atoms. The predicted octanol–water partition coefficient (Wildman–Crippen LogP) is 0.360. The minimum Gasteiger partial charge on any atom is -0.360 e. The van der Waals surface area contributed by atoms with E-state index in [2.05, 4.69) is 5.16 Å². The summed E-state index contributed by atoms with van der Waals surface area (Å²) in [5.74, 6) is 0.449. The third-order valence-electron chi connectivity index (χ3n) is 1.98. The first kappa shape index (κ1) is 8.74. The van der Waals surface area contributed by atoms with Crippen molar-refractivity contribution in [1.29, 1.82) is 0 Å². The number of imide groups is 1. The average Bonchev–Trinajstić information content (AvgIpc) is 2.82. The maximum atomic E-state index is 11.2. The van der Waals surface area contributed by atoms with Gasteiger partial charge in [0, 0.05) is 12.0 Å². The van der Waals surface area contributed by atoms with Gasteiger partial charge in [-0.1, -0.05) is 5.16 Å². The molecule has 0 radical (unpaired) electrons. The van der Waals surface area contributed by atoms with Crippen LogP contribution >= 0.6 is 0 Å². The molecule has 1 heterocycles. The van der Waals surface area contributed by atoms with Gasteiger partial charge in [-0.05, 0) is 12.8 Å². The number of primary amides is 1. The molecule has 14 heavy (non-hydrogen) atoms. The maximum absolute atomic E-state index is 11.2. The number of nitrogens with one attached hydrogen (secondary N) is 1. The number of hydrogen-bond acceptors (Lipinski definition) is 4. The fourth-order valence-electron chi connectivity index (χ4n) is 1.13. The Kier molecular flexibility index (Phi) is 1.95. The molecule has 2 rings (SSSR count). The number of carbonyl (C=O) groups is 2. The van der Waals surface area contributed by atoms with Crippen molar-refractivity contribution in [3.63, 3.8) is 0 Å². The van der Waals surface area contributed by atoms with E-state index in [9.17, 15) is 9.59 Å². The molecule has 1 aliphatic carbocycles. The molecule has 0 saturated heterocycles. The second kappa shape index (κ2) is 3.13. The quantitative estimate of drug-likeness (QED) is 0.711. The minimum atomic E-state index is -0.897. The van der Waals surface area contributed by atoms with Crippen LogP contribution in [0.3, 0.4) is 0 Å². The minimum absolute atomic E-state index is 0.0886. The second-order valence-electron chi connectivity index (χ2n) is 3.21. The Hall–Kier alpha value is -1.85. The summed E-state index contributed by atoms with van der Waals surface area (Å²) in [6.07, 6.45) is 2.12. The van der Waals surface area contributed by atoms with Gasteiger partial charge >= 0.3 is 6.03 Å². The Morgan fingerprint density at radius 2 is 2.29 bits per heavy atom. The molecular formula is C8H9N3O3. The van der Waals surface area contributed by atoms with Crippen molar-refractivity contribution < 1.29 is 14.1 Å². The van der Waals surface area contributed by atoms with Crippen molar-refractivity contribution in [1.82, 2.24) is 10.5 Å². The number of amides is 3. The highest BCUT2D eigenvalue weighted by molar-refractivity contribution is 6.02. The molecule has 0 unspecified atom stereocenters. The van der Waals surface area contributed by atoms with Gasteiger partial charge in [-0.15, -0.1) is 0 Å². The maximum Gasteiger partial charge on any atom is 0.319 e. The number of aromatic nitrogens is 1. The summed E-state index contributed by atoms with van der Waals surface area (Å²) >= 11 is 0. The van der Waals surface area contributed by atoms with E-state index in [1.165, 1.54) is 6.07 Å². The molecule has 3 amide bonds. The Labute approximate surface area is 79.4 Å². The molecule has 0 aliphatic heterocycles. The summed E-state index contributed by atoms with van der Waals surface area (Å²) in [5.41, 5.74) is 4.87. The fraction of sp³-hybridized carbons (Fsp3) is 0.375. The van der Waals surface area contributed by atoms with Gasteiger partial charge in [0.1, 0.15) is 5.76 Å². The average molecular weight is 195 g/mol. The van der Waals surface area contributed by atoms with E-state index in [1.54, 1.807) is 0 Å². The molecule has 74 valence electrons. The molecule has 1 fully saturated rings. The largest absolute Gasteiger partial charge is 0.360 e. The zero-order valence-electron chi connectivity index (χ0n) is 7.32. The third-order valence-corrected chi connectivity index (χ3v) is 1.98. The molecule has 1 saturated carbocycles. The van der Waals surface area contributed by atoms with Crippen molar-refractivity contribution in [3.8, 4) is 0 Å². The third kappa shape index (κ3) is 1.73. The number of urea groups is 1. The van der Waals surface area contributed by atoms with Crippen LogP contribution in [0.1, 0.15) is 35.0 Å². The van der Waals surface area contributed by atoms with Crippen LogP contribution in [-0.2, 0) is 0 Å². The second-order valence-corrected chi connectivity index (χ2v) is 3.21. The van der Waals surface area contributed by atoms with Gasteiger partial charge < -0.3 is 10.3 Å². The molecule has 1 aliphatic rings. The van der Waals surface area contributed by atoms with Gasteiger partial charge in [0.2, 0.25) is 0 Å². The van der Waals surface area contributed by atoms with Gasteiger partial charge in [0.15, 0.2) is 5.69 Å². The molecule has 1 aromatic heterocycles. The van der Waals surface area contributed by atoms with Gasteiger partial charge in [-0.3, -0.25) is 10.1 Å². The van der Waals surface area contributed by atoms with E-state index in [-0.39, 0.29) is 5.69 Å². The van der Waals surface area contributed by atoms with E-state index < -0.39 is 11.9 Å². The smallest absolute Gasteiger partial charge is 0.319 e. The first-order valence-electron chi connectivity index (χ1n) is 4.24. The monoisotopic (exact) mass is 195 g/mol. The Bertz CT molecular complexity index is 381. The zero-order valence-corrected chi connectivity index (χ0v) is 7.32. The number of nitrogens with two attached hydrogens (primary N) is 1. The van der Waals surface area contributed by atoms with Crippen molar-refractivity contribution in [2.45, 2.75) is 18.8 Å². The molecule has 0 aromatic carbocycles. The molecule has 1 aromatic rings. The number of rotatable bonds is 2. The van der Waals surface area contributed by atoms with Crippen LogP contribution < -0.4 is 11.1 Å². The summed E-state index contributed by atoms with van der Waals surface area (Å²) < 4.78 is 4.93. The van der Waals surface area contributed by atoms with Gasteiger partial charge in [0.05, 0.1) is 0 Å². The van der Waals surface area contributed by atoms with Crippen molar-refractivity contribution in [2.75, 3.05) is 0 Å². The van der Waals surface area contributed by atoms with Gasteiger partial charge in [0.25, 0.3) is 5.91 Å². The summed E-state index contributed by atoms with van der Waals surface area (Å²) in [6, 6.07) is 0.640. The highest BCUT2D eigenvalue weighted by Crippen LogP contribution is 2.40. The molecule has 0 atom stereocenters. The van der Waals surface area contributed by atoms with E-state index in [4.69, 9.17) is 10.3 Å². The highest BCUT2D eigenvalue weighted by atomic mass is 16.5. The van der Waals surface area contributed by atoms with Crippen molar-refractivity contribution in [2.24, 2.45) is 5.73 Å². The van der Waals surface area contributed by atoms with Crippen LogP contribution in [-0.4, -0.2) is 17.1 Å². The molecular weight excluding hydrogens is 186 g/mol. The van der Waals surface area contributed by atoms with E-state index >= 15 is 0 Å². The molecule has 6 heteroatoms. The first-order valence-corrected chi connectivity index (χ1v) is 4.24. The summed E-state index contributed by atoms with van der Waals surface area (Å²) in [4.78, 5) is 21.5. The lowest BCUT2D eigenvalue weighted by atomic mass is 10.3. The van der Waals surface area contributed by atoms with Gasteiger partial charge in [-0.2, -0.15) is 0 Å². The lowest BCUT2D eigenvalue weighted by molar-refractivity contribution is 0.0957. The Morgan fingerprint density at radius 3 is 2.86 bits per heavy atom. The van der Waals surface area contributed by atoms with E-state index in [0.717, 1.165) is 12.8 Å². The van der Waals surface area contributed by atoms with E-state index in [1.807, 2.05) is 5.32 Å².